The van der Waals surface area contributed by atoms with Gasteiger partial charge in [0.2, 0.25) is 5.95 Å². The second kappa shape index (κ2) is 4.35. The summed E-state index contributed by atoms with van der Waals surface area (Å²) in [6.07, 6.45) is 1.99. The van der Waals surface area contributed by atoms with Crippen molar-refractivity contribution in [2.75, 3.05) is 12.3 Å². The van der Waals surface area contributed by atoms with E-state index in [2.05, 4.69) is 4.98 Å². The largest absolute Gasteiger partial charge is 0.373 e. The van der Waals surface area contributed by atoms with Crippen LogP contribution in [0, 0.1) is 5.82 Å². The van der Waals surface area contributed by atoms with E-state index in [1.165, 1.54) is 12.1 Å². The van der Waals surface area contributed by atoms with E-state index in [-0.39, 0.29) is 10.6 Å². The molecular weight excluding hydrogens is 269 g/mol. The van der Waals surface area contributed by atoms with Crippen LogP contribution in [0.15, 0.2) is 12.1 Å². The Morgan fingerprint density at radius 3 is 3.05 bits per heavy atom. The maximum atomic E-state index is 13.6. The highest BCUT2D eigenvalue weighted by Gasteiger charge is 2.31. The number of benzene rings is 1. The first-order valence-corrected chi connectivity index (χ1v) is 6.61. The lowest BCUT2D eigenvalue weighted by Crippen LogP contribution is -2.30. The van der Waals surface area contributed by atoms with Crippen LogP contribution in [0.1, 0.15) is 19.8 Å². The van der Waals surface area contributed by atoms with E-state index in [0.717, 1.165) is 19.4 Å². The summed E-state index contributed by atoms with van der Waals surface area (Å²) in [6, 6.07) is 2.87. The summed E-state index contributed by atoms with van der Waals surface area (Å²) >= 11 is 5.76. The molecule has 1 aromatic carbocycles. The van der Waals surface area contributed by atoms with Crippen molar-refractivity contribution in [3.63, 3.8) is 0 Å². The van der Waals surface area contributed by atoms with Crippen LogP contribution in [-0.4, -0.2) is 21.8 Å². The summed E-state index contributed by atoms with van der Waals surface area (Å²) in [5.74, 6) is -0.110. The number of nitrogens with zero attached hydrogens (tertiary/aromatic N) is 2. The molecule has 2 heterocycles. The van der Waals surface area contributed by atoms with Crippen LogP contribution >= 0.6 is 11.6 Å². The smallest absolute Gasteiger partial charge is 0.201 e. The number of aromatic nitrogens is 2. The summed E-state index contributed by atoms with van der Waals surface area (Å²) < 4.78 is 21.1. The van der Waals surface area contributed by atoms with Crippen LogP contribution in [0.5, 0.6) is 0 Å². The maximum absolute atomic E-state index is 13.6. The Bertz CT molecular complexity index is 634. The zero-order chi connectivity index (χ0) is 13.6. The molecule has 0 aliphatic carbocycles. The minimum atomic E-state index is -0.465. The molecule has 1 unspecified atom stereocenters. The highest BCUT2D eigenvalue weighted by Crippen LogP contribution is 2.31. The molecule has 3 rings (SSSR count). The molecule has 0 amide bonds. The number of nitrogens with two attached hydrogens (primary N) is 1. The second-order valence-electron chi connectivity index (χ2n) is 5.21. The number of imidazole rings is 1. The molecule has 2 N–H and O–H groups in total. The molecule has 1 aromatic heterocycles. The third kappa shape index (κ3) is 2.17. The molecule has 1 saturated heterocycles. The van der Waals surface area contributed by atoms with Gasteiger partial charge in [0, 0.05) is 12.7 Å². The predicted molar refractivity (Wildman–Crippen MR) is 72.7 cm³/mol. The zero-order valence-corrected chi connectivity index (χ0v) is 11.4. The molecule has 1 fully saturated rings. The predicted octanol–water partition coefficient (Wildman–Crippen LogP) is 2.98. The van der Waals surface area contributed by atoms with E-state index in [4.69, 9.17) is 22.1 Å². The molecule has 0 saturated carbocycles. The van der Waals surface area contributed by atoms with Crippen molar-refractivity contribution in [3.8, 4) is 0 Å². The lowest BCUT2D eigenvalue weighted by atomic mass is 10.0. The Balaban J connectivity index is 2.07. The Labute approximate surface area is 115 Å². The number of halogens is 2. The third-order valence-corrected chi connectivity index (χ3v) is 3.90. The van der Waals surface area contributed by atoms with E-state index in [1.54, 1.807) is 4.57 Å². The van der Waals surface area contributed by atoms with Gasteiger partial charge in [-0.2, -0.15) is 0 Å². The quantitative estimate of drug-likeness (QED) is 0.922. The third-order valence-electron chi connectivity index (χ3n) is 3.61. The number of fused-ring (bicyclic) bond motifs is 1. The van der Waals surface area contributed by atoms with Gasteiger partial charge in [-0.25, -0.2) is 9.37 Å². The van der Waals surface area contributed by atoms with Gasteiger partial charge in [0.15, 0.2) is 0 Å². The van der Waals surface area contributed by atoms with Gasteiger partial charge in [-0.05, 0) is 25.8 Å². The molecule has 1 aliphatic heterocycles. The monoisotopic (exact) mass is 283 g/mol. The normalized spacial score (nSPS) is 23.3. The first kappa shape index (κ1) is 12.7. The molecular formula is C13H15ClFN3O. The van der Waals surface area contributed by atoms with Crippen LogP contribution in [-0.2, 0) is 11.3 Å². The molecule has 0 spiro atoms. The van der Waals surface area contributed by atoms with Crippen molar-refractivity contribution in [1.29, 1.82) is 0 Å². The van der Waals surface area contributed by atoms with E-state index in [1.807, 2.05) is 6.92 Å². The van der Waals surface area contributed by atoms with Gasteiger partial charge in [0.05, 0.1) is 28.2 Å². The summed E-state index contributed by atoms with van der Waals surface area (Å²) in [6.45, 7) is 3.36. The minimum absolute atomic E-state index is 0.0560. The Morgan fingerprint density at radius 2 is 2.37 bits per heavy atom. The first-order chi connectivity index (χ1) is 8.98. The SMILES string of the molecule is CC1(Cn2c(N)nc3cc(Cl)c(F)cc32)CCCO1. The fourth-order valence-electron chi connectivity index (χ4n) is 2.60. The number of hydrogen-bond acceptors (Lipinski definition) is 3. The number of anilines is 1. The van der Waals surface area contributed by atoms with Crippen molar-refractivity contribution >= 4 is 28.6 Å². The van der Waals surface area contributed by atoms with Gasteiger partial charge in [-0.15, -0.1) is 0 Å². The Morgan fingerprint density at radius 1 is 1.58 bits per heavy atom. The Hall–Kier alpha value is -1.33. The molecule has 2 aromatic rings. The van der Waals surface area contributed by atoms with Crippen LogP contribution < -0.4 is 5.73 Å². The van der Waals surface area contributed by atoms with Crippen molar-refractivity contribution in [2.24, 2.45) is 0 Å². The fourth-order valence-corrected chi connectivity index (χ4v) is 2.76. The van der Waals surface area contributed by atoms with Crippen LogP contribution in [0.4, 0.5) is 10.3 Å². The minimum Gasteiger partial charge on any atom is -0.373 e. The fraction of sp³-hybridized carbons (Fsp3) is 0.462. The standard InChI is InChI=1S/C13H15ClFN3O/c1-13(3-2-4-19-13)7-18-11-6-9(15)8(14)5-10(11)17-12(18)16/h5-6H,2-4,7H2,1H3,(H2,16,17). The molecule has 1 atom stereocenters. The summed E-state index contributed by atoms with van der Waals surface area (Å²) in [5, 5.41) is 0.0560. The molecule has 6 heteroatoms. The number of rotatable bonds is 2. The van der Waals surface area contributed by atoms with E-state index < -0.39 is 5.82 Å². The summed E-state index contributed by atoms with van der Waals surface area (Å²) in [5.41, 5.74) is 6.91. The lowest BCUT2D eigenvalue weighted by Gasteiger charge is -2.24. The van der Waals surface area contributed by atoms with Crippen LogP contribution in [0.25, 0.3) is 11.0 Å². The van der Waals surface area contributed by atoms with Crippen molar-refractivity contribution in [3.05, 3.63) is 23.0 Å². The number of hydrogen-bond donors (Lipinski definition) is 1. The molecule has 102 valence electrons. The number of nitrogen functional groups attached to an aromatic ring is 1. The van der Waals surface area contributed by atoms with Crippen molar-refractivity contribution in [1.82, 2.24) is 9.55 Å². The second-order valence-corrected chi connectivity index (χ2v) is 5.62. The zero-order valence-electron chi connectivity index (χ0n) is 10.6. The van der Waals surface area contributed by atoms with Gasteiger partial charge < -0.3 is 15.0 Å². The summed E-state index contributed by atoms with van der Waals surface area (Å²) in [4.78, 5) is 4.22. The highest BCUT2D eigenvalue weighted by molar-refractivity contribution is 6.31. The van der Waals surface area contributed by atoms with Gasteiger partial charge in [-0.1, -0.05) is 11.6 Å². The van der Waals surface area contributed by atoms with Gasteiger partial charge in [-0.3, -0.25) is 0 Å². The number of ether oxygens (including phenoxy) is 1. The van der Waals surface area contributed by atoms with Crippen LogP contribution in [0.3, 0.4) is 0 Å². The van der Waals surface area contributed by atoms with E-state index in [0.29, 0.717) is 23.5 Å². The lowest BCUT2D eigenvalue weighted by molar-refractivity contribution is 0.00749. The topological polar surface area (TPSA) is 53.1 Å². The van der Waals surface area contributed by atoms with Gasteiger partial charge >= 0.3 is 0 Å². The molecule has 1 aliphatic rings. The average Bonchev–Trinajstić information content (AvgIpc) is 2.88. The highest BCUT2D eigenvalue weighted by atomic mass is 35.5. The molecule has 4 nitrogen and oxygen atoms in total. The van der Waals surface area contributed by atoms with E-state index >= 15 is 0 Å². The van der Waals surface area contributed by atoms with Crippen molar-refractivity contribution in [2.45, 2.75) is 31.9 Å². The maximum Gasteiger partial charge on any atom is 0.201 e. The van der Waals surface area contributed by atoms with Gasteiger partial charge in [0.1, 0.15) is 5.82 Å². The Kier molecular flexibility index (Phi) is 2.91. The molecule has 0 bridgehead atoms. The van der Waals surface area contributed by atoms with Crippen LogP contribution in [0.2, 0.25) is 5.02 Å². The molecule has 19 heavy (non-hydrogen) atoms. The first-order valence-electron chi connectivity index (χ1n) is 6.23. The van der Waals surface area contributed by atoms with Gasteiger partial charge in [0.25, 0.3) is 0 Å². The van der Waals surface area contributed by atoms with Crippen molar-refractivity contribution < 1.29 is 9.13 Å². The average molecular weight is 284 g/mol. The molecule has 0 radical (unpaired) electrons. The van der Waals surface area contributed by atoms with E-state index in [9.17, 15) is 4.39 Å². The summed E-state index contributed by atoms with van der Waals surface area (Å²) in [7, 11) is 0.